The highest BCUT2D eigenvalue weighted by Crippen LogP contribution is 2.17. The molecule has 0 aliphatic rings. The molecule has 0 N–H and O–H groups in total. The predicted molar refractivity (Wildman–Crippen MR) is 75.7 cm³/mol. The van der Waals surface area contributed by atoms with Crippen LogP contribution >= 0.6 is 11.6 Å². The van der Waals surface area contributed by atoms with Crippen molar-refractivity contribution in [2.24, 2.45) is 0 Å². The van der Waals surface area contributed by atoms with E-state index in [4.69, 9.17) is 16.3 Å². The molecule has 0 spiro atoms. The second-order valence-electron chi connectivity index (χ2n) is 4.69. The fourth-order valence-electron chi connectivity index (χ4n) is 1.88. The van der Waals surface area contributed by atoms with Crippen LogP contribution in [0.15, 0.2) is 24.4 Å². The summed E-state index contributed by atoms with van der Waals surface area (Å²) in [4.78, 5) is 0. The van der Waals surface area contributed by atoms with Gasteiger partial charge in [0.25, 0.3) is 0 Å². The van der Waals surface area contributed by atoms with Gasteiger partial charge in [-0.05, 0) is 44.0 Å². The summed E-state index contributed by atoms with van der Waals surface area (Å²) in [7, 11) is 0. The molecule has 0 radical (unpaired) electrons. The van der Waals surface area contributed by atoms with Crippen molar-refractivity contribution in [3.8, 4) is 5.75 Å². The Morgan fingerprint density at radius 1 is 1.26 bits per heavy atom. The molecular formula is C14H18ClN3O. The molecule has 1 aromatic heterocycles. The lowest BCUT2D eigenvalue weighted by Gasteiger charge is -2.08. The highest BCUT2D eigenvalue weighted by molar-refractivity contribution is 6.20. The standard InChI is InChI=1S/C14H18ClN3O/c1-10-6-11(2)8-13(7-10)19-5-4-18-9-14(12(3)15)16-17-18/h6-9,12H,4-5H2,1-3H3. The van der Waals surface area contributed by atoms with Gasteiger partial charge in [-0.1, -0.05) is 11.3 Å². The van der Waals surface area contributed by atoms with Crippen molar-refractivity contribution in [2.45, 2.75) is 32.7 Å². The third-order valence-electron chi connectivity index (χ3n) is 2.75. The van der Waals surface area contributed by atoms with Crippen LogP contribution in [0.1, 0.15) is 29.1 Å². The van der Waals surface area contributed by atoms with Crippen LogP contribution in [-0.2, 0) is 6.54 Å². The van der Waals surface area contributed by atoms with Crippen molar-refractivity contribution in [2.75, 3.05) is 6.61 Å². The summed E-state index contributed by atoms with van der Waals surface area (Å²) in [5, 5.41) is 7.88. The normalized spacial score (nSPS) is 12.4. The topological polar surface area (TPSA) is 39.9 Å². The smallest absolute Gasteiger partial charge is 0.119 e. The molecule has 2 rings (SSSR count). The number of aromatic nitrogens is 3. The van der Waals surface area contributed by atoms with Crippen LogP contribution in [0.3, 0.4) is 0 Å². The molecule has 0 aliphatic carbocycles. The summed E-state index contributed by atoms with van der Waals surface area (Å²) < 4.78 is 7.47. The fraction of sp³-hybridized carbons (Fsp3) is 0.429. The molecule has 1 unspecified atom stereocenters. The Kier molecular flexibility index (Phi) is 4.43. The van der Waals surface area contributed by atoms with E-state index in [2.05, 4.69) is 30.2 Å². The lowest BCUT2D eigenvalue weighted by Crippen LogP contribution is -2.08. The SMILES string of the molecule is Cc1cc(C)cc(OCCn2cc(C(C)Cl)nn2)c1. The summed E-state index contributed by atoms with van der Waals surface area (Å²) >= 11 is 5.93. The van der Waals surface area contributed by atoms with Gasteiger partial charge in [0.2, 0.25) is 0 Å². The summed E-state index contributed by atoms with van der Waals surface area (Å²) in [6, 6.07) is 6.18. The molecule has 0 bridgehead atoms. The molecule has 0 saturated carbocycles. The van der Waals surface area contributed by atoms with Gasteiger partial charge in [0.05, 0.1) is 18.1 Å². The van der Waals surface area contributed by atoms with E-state index in [1.54, 1.807) is 4.68 Å². The second-order valence-corrected chi connectivity index (χ2v) is 5.35. The number of alkyl halides is 1. The minimum Gasteiger partial charge on any atom is -0.492 e. The van der Waals surface area contributed by atoms with Crippen molar-refractivity contribution < 1.29 is 4.74 Å². The van der Waals surface area contributed by atoms with Crippen molar-refractivity contribution in [3.05, 3.63) is 41.2 Å². The van der Waals surface area contributed by atoms with Crippen molar-refractivity contribution in [3.63, 3.8) is 0 Å². The maximum Gasteiger partial charge on any atom is 0.119 e. The summed E-state index contributed by atoms with van der Waals surface area (Å²) in [5.74, 6) is 0.892. The first-order chi connectivity index (χ1) is 9.04. The number of ether oxygens (including phenoxy) is 1. The predicted octanol–water partition coefficient (Wildman–Crippen LogP) is 3.27. The molecule has 102 valence electrons. The van der Waals surface area contributed by atoms with Gasteiger partial charge in [-0.15, -0.1) is 16.7 Å². The molecule has 1 aromatic carbocycles. The van der Waals surface area contributed by atoms with Crippen LogP contribution in [0.2, 0.25) is 0 Å². The van der Waals surface area contributed by atoms with E-state index < -0.39 is 0 Å². The largest absolute Gasteiger partial charge is 0.492 e. The molecule has 0 amide bonds. The summed E-state index contributed by atoms with van der Waals surface area (Å²) in [5.41, 5.74) is 3.19. The van der Waals surface area contributed by atoms with Gasteiger partial charge in [0.15, 0.2) is 0 Å². The molecule has 19 heavy (non-hydrogen) atoms. The average Bonchev–Trinajstić information content (AvgIpc) is 2.76. The summed E-state index contributed by atoms with van der Waals surface area (Å²) in [6.45, 7) is 7.21. The zero-order valence-corrected chi connectivity index (χ0v) is 12.2. The van der Waals surface area contributed by atoms with Crippen LogP contribution in [0.5, 0.6) is 5.75 Å². The number of hydrogen-bond donors (Lipinski definition) is 0. The van der Waals surface area contributed by atoms with Crippen LogP contribution in [0, 0.1) is 13.8 Å². The van der Waals surface area contributed by atoms with Crippen LogP contribution in [-0.4, -0.2) is 21.6 Å². The zero-order chi connectivity index (χ0) is 13.8. The fourth-order valence-corrected chi connectivity index (χ4v) is 1.98. The van der Waals surface area contributed by atoms with Crippen molar-refractivity contribution >= 4 is 11.6 Å². The van der Waals surface area contributed by atoms with E-state index in [1.807, 2.05) is 25.3 Å². The molecule has 0 fully saturated rings. The first-order valence-electron chi connectivity index (χ1n) is 6.30. The Labute approximate surface area is 118 Å². The molecule has 0 saturated heterocycles. The highest BCUT2D eigenvalue weighted by atomic mass is 35.5. The number of aryl methyl sites for hydroxylation is 2. The second kappa shape index (κ2) is 6.06. The van der Waals surface area contributed by atoms with Crippen molar-refractivity contribution in [1.29, 1.82) is 0 Å². The highest BCUT2D eigenvalue weighted by Gasteiger charge is 2.06. The Bertz CT molecular complexity index is 531. The van der Waals surface area contributed by atoms with E-state index in [9.17, 15) is 0 Å². The number of rotatable bonds is 5. The average molecular weight is 280 g/mol. The molecule has 0 aliphatic heterocycles. The minimum absolute atomic E-state index is 0.117. The molecule has 5 heteroatoms. The van der Waals surface area contributed by atoms with Gasteiger partial charge in [-0.25, -0.2) is 4.68 Å². The number of hydrogen-bond acceptors (Lipinski definition) is 3. The van der Waals surface area contributed by atoms with E-state index >= 15 is 0 Å². The summed E-state index contributed by atoms with van der Waals surface area (Å²) in [6.07, 6.45) is 1.85. The van der Waals surface area contributed by atoms with Gasteiger partial charge in [0.1, 0.15) is 18.1 Å². The monoisotopic (exact) mass is 279 g/mol. The third kappa shape index (κ3) is 3.96. The van der Waals surface area contributed by atoms with E-state index in [0.29, 0.717) is 13.2 Å². The minimum atomic E-state index is -0.117. The Morgan fingerprint density at radius 2 is 1.95 bits per heavy atom. The maximum atomic E-state index is 5.93. The van der Waals surface area contributed by atoms with Gasteiger partial charge in [-0.2, -0.15) is 0 Å². The Balaban J connectivity index is 1.88. The lowest BCUT2D eigenvalue weighted by atomic mass is 10.1. The molecule has 1 heterocycles. The van der Waals surface area contributed by atoms with E-state index in [-0.39, 0.29) is 5.38 Å². The van der Waals surface area contributed by atoms with Crippen LogP contribution in [0.4, 0.5) is 0 Å². The van der Waals surface area contributed by atoms with Gasteiger partial charge in [-0.3, -0.25) is 0 Å². The molecular weight excluding hydrogens is 262 g/mol. The van der Waals surface area contributed by atoms with Gasteiger partial charge < -0.3 is 4.74 Å². The number of benzene rings is 1. The molecule has 4 nitrogen and oxygen atoms in total. The van der Waals surface area contributed by atoms with Crippen molar-refractivity contribution in [1.82, 2.24) is 15.0 Å². The quantitative estimate of drug-likeness (QED) is 0.789. The Morgan fingerprint density at radius 3 is 2.53 bits per heavy atom. The maximum absolute atomic E-state index is 5.93. The molecule has 2 aromatic rings. The van der Waals surface area contributed by atoms with E-state index in [1.165, 1.54) is 11.1 Å². The van der Waals surface area contributed by atoms with Crippen LogP contribution < -0.4 is 4.74 Å². The first-order valence-corrected chi connectivity index (χ1v) is 6.73. The first kappa shape index (κ1) is 13.9. The molecule has 1 atom stereocenters. The number of nitrogens with zero attached hydrogens (tertiary/aromatic N) is 3. The van der Waals surface area contributed by atoms with Crippen LogP contribution in [0.25, 0.3) is 0 Å². The van der Waals surface area contributed by atoms with Gasteiger partial charge in [0, 0.05) is 0 Å². The Hall–Kier alpha value is -1.55. The van der Waals surface area contributed by atoms with E-state index in [0.717, 1.165) is 11.4 Å². The third-order valence-corrected chi connectivity index (χ3v) is 2.97. The lowest BCUT2D eigenvalue weighted by molar-refractivity contribution is 0.289. The van der Waals surface area contributed by atoms with Gasteiger partial charge >= 0.3 is 0 Å². The number of halogens is 1. The zero-order valence-electron chi connectivity index (χ0n) is 11.4.